The Kier molecular flexibility index (Phi) is 6.15. The number of esters is 1. The van der Waals surface area contributed by atoms with Gasteiger partial charge in [0.1, 0.15) is 11.5 Å². The predicted molar refractivity (Wildman–Crippen MR) is 106 cm³/mol. The third kappa shape index (κ3) is 5.04. The van der Waals surface area contributed by atoms with Gasteiger partial charge in [-0.3, -0.25) is 4.79 Å². The third-order valence-electron chi connectivity index (χ3n) is 3.81. The van der Waals surface area contributed by atoms with E-state index in [0.717, 1.165) is 0 Å². The predicted octanol–water partition coefficient (Wildman–Crippen LogP) is 3.68. The molecule has 0 unspecified atom stereocenters. The van der Waals surface area contributed by atoms with Crippen LogP contribution in [0, 0.1) is 0 Å². The maximum Gasteiger partial charge on any atom is 0.343 e. The van der Waals surface area contributed by atoms with Gasteiger partial charge in [0.05, 0.1) is 18.9 Å². The molecule has 6 heteroatoms. The summed E-state index contributed by atoms with van der Waals surface area (Å²) >= 11 is 0. The van der Waals surface area contributed by atoms with Crippen molar-refractivity contribution in [2.45, 2.75) is 0 Å². The minimum Gasteiger partial charge on any atom is -0.497 e. The first-order chi connectivity index (χ1) is 13.7. The van der Waals surface area contributed by atoms with Crippen LogP contribution in [0.4, 0.5) is 0 Å². The van der Waals surface area contributed by atoms with Crippen LogP contribution in [0.1, 0.15) is 26.3 Å². The molecule has 140 valence electrons. The van der Waals surface area contributed by atoms with Gasteiger partial charge in [-0.25, -0.2) is 10.2 Å². The molecule has 1 N–H and O–H groups in total. The summed E-state index contributed by atoms with van der Waals surface area (Å²) in [6.45, 7) is 0. The Bertz CT molecular complexity index is 983. The summed E-state index contributed by atoms with van der Waals surface area (Å²) in [4.78, 5) is 24.2. The molecule has 0 aromatic heterocycles. The lowest BCUT2D eigenvalue weighted by atomic mass is 10.2. The summed E-state index contributed by atoms with van der Waals surface area (Å²) in [5.41, 5.74) is 4.06. The van der Waals surface area contributed by atoms with E-state index in [-0.39, 0.29) is 5.91 Å². The third-order valence-corrected chi connectivity index (χ3v) is 3.81. The fourth-order valence-electron chi connectivity index (χ4n) is 2.37. The van der Waals surface area contributed by atoms with Gasteiger partial charge in [-0.1, -0.05) is 30.3 Å². The van der Waals surface area contributed by atoms with E-state index in [1.165, 1.54) is 6.21 Å². The van der Waals surface area contributed by atoms with Crippen molar-refractivity contribution in [2.24, 2.45) is 5.10 Å². The molecule has 0 saturated heterocycles. The minimum atomic E-state index is -0.478. The van der Waals surface area contributed by atoms with Gasteiger partial charge in [0.25, 0.3) is 5.91 Å². The number of hydrazone groups is 1. The number of benzene rings is 3. The average Bonchev–Trinajstić information content (AvgIpc) is 2.74. The van der Waals surface area contributed by atoms with Gasteiger partial charge in [0, 0.05) is 5.56 Å². The van der Waals surface area contributed by atoms with Gasteiger partial charge in [-0.05, 0) is 54.1 Å². The molecule has 0 aliphatic heterocycles. The molecule has 3 aromatic rings. The van der Waals surface area contributed by atoms with E-state index in [9.17, 15) is 9.59 Å². The van der Waals surface area contributed by atoms with Gasteiger partial charge >= 0.3 is 5.97 Å². The highest BCUT2D eigenvalue weighted by Gasteiger charge is 2.09. The number of hydrogen-bond donors (Lipinski definition) is 1. The Morgan fingerprint density at radius 2 is 1.61 bits per heavy atom. The Morgan fingerprint density at radius 1 is 0.857 bits per heavy atom. The summed E-state index contributed by atoms with van der Waals surface area (Å²) in [5.74, 6) is 0.250. The van der Waals surface area contributed by atoms with Crippen molar-refractivity contribution in [3.8, 4) is 11.5 Å². The molecule has 0 atom stereocenters. The van der Waals surface area contributed by atoms with Crippen molar-refractivity contribution < 1.29 is 19.1 Å². The molecule has 0 fully saturated rings. The van der Waals surface area contributed by atoms with E-state index in [1.807, 2.05) is 6.07 Å². The number of amides is 1. The largest absolute Gasteiger partial charge is 0.497 e. The van der Waals surface area contributed by atoms with Crippen LogP contribution in [0.25, 0.3) is 0 Å². The molecule has 0 heterocycles. The molecule has 0 saturated carbocycles. The minimum absolute atomic E-state index is 0.307. The van der Waals surface area contributed by atoms with E-state index in [1.54, 1.807) is 79.9 Å². The van der Waals surface area contributed by atoms with Gasteiger partial charge in [0.15, 0.2) is 0 Å². The number of rotatable bonds is 6. The molecule has 0 bridgehead atoms. The molecule has 6 nitrogen and oxygen atoms in total. The second-order valence-corrected chi connectivity index (χ2v) is 5.76. The summed E-state index contributed by atoms with van der Waals surface area (Å²) in [5, 5.41) is 3.94. The van der Waals surface area contributed by atoms with Crippen LogP contribution in [-0.2, 0) is 0 Å². The van der Waals surface area contributed by atoms with Crippen molar-refractivity contribution in [3.63, 3.8) is 0 Å². The van der Waals surface area contributed by atoms with Crippen molar-refractivity contribution in [1.29, 1.82) is 0 Å². The van der Waals surface area contributed by atoms with E-state index in [4.69, 9.17) is 9.47 Å². The number of methoxy groups -OCH3 is 1. The molecule has 0 spiro atoms. The SMILES string of the molecule is COc1ccc(C(=O)Oc2cccc(/C=N\NC(=O)c3ccccc3)c2)cc1. The first-order valence-electron chi connectivity index (χ1n) is 8.50. The summed E-state index contributed by atoms with van der Waals surface area (Å²) in [6, 6.07) is 22.3. The average molecular weight is 374 g/mol. The number of hydrogen-bond acceptors (Lipinski definition) is 5. The Labute approximate surface area is 162 Å². The second-order valence-electron chi connectivity index (χ2n) is 5.76. The molecule has 0 radical (unpaired) electrons. The number of carbonyl (C=O) groups is 2. The Balaban J connectivity index is 1.61. The van der Waals surface area contributed by atoms with Gasteiger partial charge in [-0.15, -0.1) is 0 Å². The zero-order valence-corrected chi connectivity index (χ0v) is 15.2. The lowest BCUT2D eigenvalue weighted by molar-refractivity contribution is 0.0734. The molecule has 1 amide bonds. The molecule has 0 aliphatic carbocycles. The quantitative estimate of drug-likeness (QED) is 0.309. The number of carbonyl (C=O) groups excluding carboxylic acids is 2. The van der Waals surface area contributed by atoms with Crippen LogP contribution >= 0.6 is 0 Å². The first kappa shape index (κ1) is 18.8. The van der Waals surface area contributed by atoms with Crippen molar-refractivity contribution in [3.05, 3.63) is 95.6 Å². The van der Waals surface area contributed by atoms with Crippen LogP contribution in [-0.4, -0.2) is 25.2 Å². The fraction of sp³-hybridized carbons (Fsp3) is 0.0455. The highest BCUT2D eigenvalue weighted by atomic mass is 16.5. The van der Waals surface area contributed by atoms with Crippen LogP contribution in [0.2, 0.25) is 0 Å². The second kappa shape index (κ2) is 9.14. The molecule has 0 aliphatic rings. The van der Waals surface area contributed by atoms with Crippen molar-refractivity contribution in [2.75, 3.05) is 7.11 Å². The molecule has 3 rings (SSSR count). The van der Waals surface area contributed by atoms with E-state index in [2.05, 4.69) is 10.5 Å². The number of nitrogens with one attached hydrogen (secondary N) is 1. The summed E-state index contributed by atoms with van der Waals surface area (Å²) < 4.78 is 10.5. The topological polar surface area (TPSA) is 77.0 Å². The van der Waals surface area contributed by atoms with Crippen LogP contribution in [0.15, 0.2) is 84.0 Å². The standard InChI is InChI=1S/C22H18N2O4/c1-27-19-12-10-18(11-13-19)22(26)28-20-9-5-6-16(14-20)15-23-24-21(25)17-7-3-2-4-8-17/h2-15H,1H3,(H,24,25)/b23-15-. The van der Waals surface area contributed by atoms with Crippen LogP contribution in [0.5, 0.6) is 11.5 Å². The Morgan fingerprint density at radius 3 is 2.32 bits per heavy atom. The smallest absolute Gasteiger partial charge is 0.343 e. The molecular weight excluding hydrogens is 356 g/mol. The van der Waals surface area contributed by atoms with Crippen LogP contribution in [0.3, 0.4) is 0 Å². The zero-order chi connectivity index (χ0) is 19.8. The van der Waals surface area contributed by atoms with Gasteiger partial charge in [0.2, 0.25) is 0 Å². The molecular formula is C22H18N2O4. The van der Waals surface area contributed by atoms with Crippen molar-refractivity contribution >= 4 is 18.1 Å². The maximum absolute atomic E-state index is 12.2. The fourth-order valence-corrected chi connectivity index (χ4v) is 2.37. The van der Waals surface area contributed by atoms with E-state index in [0.29, 0.717) is 28.2 Å². The van der Waals surface area contributed by atoms with Gasteiger partial charge < -0.3 is 9.47 Å². The number of ether oxygens (including phenoxy) is 2. The Hall–Kier alpha value is -3.93. The molecule has 28 heavy (non-hydrogen) atoms. The molecule has 3 aromatic carbocycles. The highest BCUT2D eigenvalue weighted by molar-refractivity contribution is 5.95. The van der Waals surface area contributed by atoms with Crippen LogP contribution < -0.4 is 14.9 Å². The normalized spacial score (nSPS) is 10.5. The first-order valence-corrected chi connectivity index (χ1v) is 8.50. The van der Waals surface area contributed by atoms with E-state index < -0.39 is 5.97 Å². The number of nitrogens with zero attached hydrogens (tertiary/aromatic N) is 1. The van der Waals surface area contributed by atoms with E-state index >= 15 is 0 Å². The lowest BCUT2D eigenvalue weighted by Crippen LogP contribution is -2.17. The summed E-state index contributed by atoms with van der Waals surface area (Å²) in [6.07, 6.45) is 1.48. The van der Waals surface area contributed by atoms with Gasteiger partial charge in [-0.2, -0.15) is 5.10 Å². The summed E-state index contributed by atoms with van der Waals surface area (Å²) in [7, 11) is 1.56. The van der Waals surface area contributed by atoms with Crippen molar-refractivity contribution in [1.82, 2.24) is 5.43 Å². The highest BCUT2D eigenvalue weighted by Crippen LogP contribution is 2.16. The zero-order valence-electron chi connectivity index (χ0n) is 15.2. The maximum atomic E-state index is 12.2. The monoisotopic (exact) mass is 374 g/mol. The lowest BCUT2D eigenvalue weighted by Gasteiger charge is -2.06.